The fourth-order valence-electron chi connectivity index (χ4n) is 2.02. The number of alkyl halides is 1. The Morgan fingerprint density at radius 2 is 2.00 bits per heavy atom. The molecule has 108 valence electrons. The summed E-state index contributed by atoms with van der Waals surface area (Å²) < 4.78 is 4.80. The molecular weight excluding hydrogens is 314 g/mol. The zero-order valence-corrected chi connectivity index (χ0v) is 12.9. The summed E-state index contributed by atoms with van der Waals surface area (Å²) >= 11 is 3.02. The number of rotatable bonds is 6. The number of hydrogen-bond donors (Lipinski definition) is 0. The molecule has 0 aromatic heterocycles. The van der Waals surface area contributed by atoms with Crippen LogP contribution in [-0.2, 0) is 19.2 Å². The van der Waals surface area contributed by atoms with Crippen molar-refractivity contribution in [2.45, 2.75) is 45.6 Å². The van der Waals surface area contributed by atoms with Crippen molar-refractivity contribution in [2.75, 3.05) is 11.9 Å². The Balaban J connectivity index is 2.70. The summed E-state index contributed by atoms with van der Waals surface area (Å²) in [7, 11) is 0. The van der Waals surface area contributed by atoms with Gasteiger partial charge in [0, 0.05) is 0 Å². The summed E-state index contributed by atoms with van der Waals surface area (Å²) in [5.41, 5.74) is -0.267. The molecule has 0 aliphatic heterocycles. The average molecular weight is 334 g/mol. The molecule has 1 aliphatic carbocycles. The van der Waals surface area contributed by atoms with Gasteiger partial charge in [-0.15, -0.1) is 0 Å². The number of nitrogens with zero attached hydrogens (tertiary/aromatic N) is 1. The second-order valence-electron chi connectivity index (χ2n) is 4.62. The topological polar surface area (TPSA) is 65.0 Å². The lowest BCUT2D eigenvalue weighted by Gasteiger charge is -2.26. The standard InChI is InChI=1S/C13H20BrNO4/c1-3-18-13(17)12(10(16)8-14)15-19-11-7-5-4-6-9(11)2/h9,11H,3-8H2,1-2H3/b15-12+. The Morgan fingerprint density at radius 3 is 2.58 bits per heavy atom. The summed E-state index contributed by atoms with van der Waals surface area (Å²) in [4.78, 5) is 28.6. The maximum absolute atomic E-state index is 11.6. The molecule has 0 bridgehead atoms. The third-order valence-corrected chi connectivity index (χ3v) is 3.68. The molecule has 2 unspecified atom stereocenters. The predicted molar refractivity (Wildman–Crippen MR) is 75.4 cm³/mol. The molecule has 5 nitrogen and oxygen atoms in total. The quantitative estimate of drug-likeness (QED) is 0.246. The van der Waals surface area contributed by atoms with Gasteiger partial charge in [-0.25, -0.2) is 4.79 Å². The zero-order valence-electron chi connectivity index (χ0n) is 11.4. The number of ketones is 1. The minimum Gasteiger partial charge on any atom is -0.461 e. The van der Waals surface area contributed by atoms with Crippen molar-refractivity contribution in [3.63, 3.8) is 0 Å². The highest BCUT2D eigenvalue weighted by Gasteiger charge is 2.26. The highest BCUT2D eigenvalue weighted by atomic mass is 79.9. The van der Waals surface area contributed by atoms with E-state index in [-0.39, 0.29) is 23.8 Å². The molecule has 0 heterocycles. The third kappa shape index (κ3) is 4.93. The van der Waals surface area contributed by atoms with Crippen LogP contribution in [0.4, 0.5) is 0 Å². The van der Waals surface area contributed by atoms with Gasteiger partial charge in [-0.05, 0) is 32.1 Å². The number of oxime groups is 1. The largest absolute Gasteiger partial charge is 0.461 e. The van der Waals surface area contributed by atoms with Gasteiger partial charge in [-0.2, -0.15) is 0 Å². The highest BCUT2D eigenvalue weighted by molar-refractivity contribution is 9.09. The number of ether oxygens (including phenoxy) is 1. The average Bonchev–Trinajstić information content (AvgIpc) is 2.41. The first-order valence-corrected chi connectivity index (χ1v) is 7.72. The van der Waals surface area contributed by atoms with E-state index in [0.717, 1.165) is 19.3 Å². The minimum atomic E-state index is -0.726. The van der Waals surface area contributed by atoms with E-state index in [4.69, 9.17) is 9.57 Å². The lowest BCUT2D eigenvalue weighted by Crippen LogP contribution is -2.30. The van der Waals surface area contributed by atoms with Gasteiger partial charge in [0.1, 0.15) is 6.10 Å². The molecule has 0 amide bonds. The summed E-state index contributed by atoms with van der Waals surface area (Å²) in [5.74, 6) is -0.766. The zero-order chi connectivity index (χ0) is 14.3. The molecule has 0 saturated heterocycles. The Hall–Kier alpha value is -0.910. The Morgan fingerprint density at radius 1 is 1.32 bits per heavy atom. The normalized spacial score (nSPS) is 23.8. The monoisotopic (exact) mass is 333 g/mol. The van der Waals surface area contributed by atoms with Crippen LogP contribution in [0, 0.1) is 5.92 Å². The molecule has 2 atom stereocenters. The molecule has 19 heavy (non-hydrogen) atoms. The first-order chi connectivity index (χ1) is 9.10. The van der Waals surface area contributed by atoms with Crippen LogP contribution < -0.4 is 0 Å². The lowest BCUT2D eigenvalue weighted by atomic mass is 9.88. The van der Waals surface area contributed by atoms with E-state index in [1.807, 2.05) is 0 Å². The summed E-state index contributed by atoms with van der Waals surface area (Å²) in [6, 6.07) is 0. The SMILES string of the molecule is CCOC(=O)/C(=N/OC1CCCCC1C)C(=O)CBr. The van der Waals surface area contributed by atoms with E-state index < -0.39 is 11.8 Å². The molecule has 0 radical (unpaired) electrons. The number of esters is 1. The number of Topliss-reactive ketones (excluding diaryl/α,β-unsaturated/α-hetero) is 1. The van der Waals surface area contributed by atoms with Crippen molar-refractivity contribution in [1.29, 1.82) is 0 Å². The molecular formula is C13H20BrNO4. The van der Waals surface area contributed by atoms with Crippen LogP contribution >= 0.6 is 15.9 Å². The van der Waals surface area contributed by atoms with Gasteiger partial charge in [-0.1, -0.05) is 34.4 Å². The van der Waals surface area contributed by atoms with E-state index >= 15 is 0 Å². The number of halogens is 1. The second-order valence-corrected chi connectivity index (χ2v) is 5.18. The Bertz CT molecular complexity index is 357. The fourth-order valence-corrected chi connectivity index (χ4v) is 2.29. The van der Waals surface area contributed by atoms with Crippen molar-refractivity contribution >= 4 is 33.4 Å². The smallest absolute Gasteiger partial charge is 0.364 e. The fraction of sp³-hybridized carbons (Fsp3) is 0.769. The molecule has 0 N–H and O–H groups in total. The van der Waals surface area contributed by atoms with Crippen molar-refractivity contribution in [3.05, 3.63) is 0 Å². The van der Waals surface area contributed by atoms with Crippen LogP contribution in [0.1, 0.15) is 39.5 Å². The van der Waals surface area contributed by atoms with Crippen molar-refractivity contribution in [2.24, 2.45) is 11.1 Å². The number of carbonyl (C=O) groups is 2. The van der Waals surface area contributed by atoms with Crippen LogP contribution in [0.5, 0.6) is 0 Å². The van der Waals surface area contributed by atoms with Crippen molar-refractivity contribution < 1.29 is 19.2 Å². The summed E-state index contributed by atoms with van der Waals surface area (Å²) in [6.07, 6.45) is 4.24. The van der Waals surface area contributed by atoms with E-state index in [1.165, 1.54) is 6.42 Å². The van der Waals surface area contributed by atoms with E-state index in [1.54, 1.807) is 6.92 Å². The molecule has 0 aromatic rings. The highest BCUT2D eigenvalue weighted by Crippen LogP contribution is 2.26. The summed E-state index contributed by atoms with van der Waals surface area (Å²) in [5, 5.41) is 3.77. The first-order valence-electron chi connectivity index (χ1n) is 6.60. The van der Waals surface area contributed by atoms with Crippen LogP contribution in [-0.4, -0.2) is 35.5 Å². The predicted octanol–water partition coefficient (Wildman–Crippen LogP) is 2.46. The van der Waals surface area contributed by atoms with Gasteiger partial charge in [0.25, 0.3) is 0 Å². The molecule has 1 saturated carbocycles. The van der Waals surface area contributed by atoms with Crippen LogP contribution in [0.2, 0.25) is 0 Å². The van der Waals surface area contributed by atoms with E-state index in [9.17, 15) is 9.59 Å². The maximum atomic E-state index is 11.6. The minimum absolute atomic E-state index is 0.0221. The Labute approximate surface area is 121 Å². The van der Waals surface area contributed by atoms with Crippen LogP contribution in [0.25, 0.3) is 0 Å². The van der Waals surface area contributed by atoms with Gasteiger partial charge in [0.05, 0.1) is 11.9 Å². The summed E-state index contributed by atoms with van der Waals surface area (Å²) in [6.45, 7) is 3.97. The first kappa shape index (κ1) is 16.1. The molecule has 1 rings (SSSR count). The molecule has 0 spiro atoms. The lowest BCUT2D eigenvalue weighted by molar-refractivity contribution is -0.136. The molecule has 1 fully saturated rings. The van der Waals surface area contributed by atoms with E-state index in [2.05, 4.69) is 28.0 Å². The van der Waals surface area contributed by atoms with Gasteiger partial charge in [-0.3, -0.25) is 4.79 Å². The third-order valence-electron chi connectivity index (χ3n) is 3.17. The molecule has 0 aromatic carbocycles. The van der Waals surface area contributed by atoms with Gasteiger partial charge in [0.15, 0.2) is 0 Å². The van der Waals surface area contributed by atoms with Crippen molar-refractivity contribution in [3.8, 4) is 0 Å². The number of carbonyl (C=O) groups excluding carboxylic acids is 2. The van der Waals surface area contributed by atoms with Gasteiger partial charge < -0.3 is 9.57 Å². The number of hydrogen-bond acceptors (Lipinski definition) is 5. The van der Waals surface area contributed by atoms with Crippen molar-refractivity contribution in [1.82, 2.24) is 0 Å². The second kappa shape index (κ2) is 8.30. The maximum Gasteiger partial charge on any atom is 0.364 e. The van der Waals surface area contributed by atoms with Crippen LogP contribution in [0.3, 0.4) is 0 Å². The van der Waals surface area contributed by atoms with E-state index in [0.29, 0.717) is 5.92 Å². The van der Waals surface area contributed by atoms with Gasteiger partial charge >= 0.3 is 5.97 Å². The van der Waals surface area contributed by atoms with Crippen LogP contribution in [0.15, 0.2) is 5.16 Å². The van der Waals surface area contributed by atoms with Gasteiger partial charge in [0.2, 0.25) is 11.5 Å². The molecule has 6 heteroatoms. The molecule has 1 aliphatic rings. The Kier molecular flexibility index (Phi) is 7.05.